The lowest BCUT2D eigenvalue weighted by Crippen LogP contribution is -2.51. The van der Waals surface area contributed by atoms with Gasteiger partial charge in [0.05, 0.1) is 11.1 Å². The molecule has 1 aliphatic heterocycles. The highest BCUT2D eigenvalue weighted by Crippen LogP contribution is 2.53. The topological polar surface area (TPSA) is 37.4 Å². The Morgan fingerprint density at radius 1 is 0.818 bits per heavy atom. The molecule has 0 unspecified atom stereocenters. The number of alkyl halides is 7. The molecule has 3 nitrogen and oxygen atoms in total. The molecular weight excluding hydrogens is 343 g/mol. The van der Waals surface area contributed by atoms with E-state index in [4.69, 9.17) is 0 Å². The number of fused-ring (bicyclic) bond motifs is 1. The van der Waals surface area contributed by atoms with Crippen LogP contribution in [-0.2, 0) is 0 Å². The van der Waals surface area contributed by atoms with Crippen molar-refractivity contribution in [3.8, 4) is 0 Å². The van der Waals surface area contributed by atoms with Crippen molar-refractivity contribution in [2.75, 3.05) is 0 Å². The molecule has 0 aliphatic carbocycles. The average molecular weight is 347 g/mol. The number of carbonyl (C=O) groups excluding carboxylic acids is 2. The predicted octanol–water partition coefficient (Wildman–Crippen LogP) is 3.72. The maximum Gasteiger partial charge on any atom is 0.460 e. The number of benzene rings is 1. The van der Waals surface area contributed by atoms with Gasteiger partial charge in [-0.2, -0.15) is 30.7 Å². The van der Waals surface area contributed by atoms with Gasteiger partial charge in [-0.25, -0.2) is 4.31 Å². The van der Waals surface area contributed by atoms with Crippen molar-refractivity contribution in [2.24, 2.45) is 0 Å². The number of halogens is 7. The van der Waals surface area contributed by atoms with Crippen molar-refractivity contribution in [3.63, 3.8) is 0 Å². The monoisotopic (exact) mass is 347 g/mol. The first-order chi connectivity index (χ1) is 9.90. The number of hydrogen-bond acceptors (Lipinski definition) is 3. The summed E-state index contributed by atoms with van der Waals surface area (Å²) in [6.45, 7) is 0. The van der Waals surface area contributed by atoms with Gasteiger partial charge in [0.2, 0.25) is 0 Å². The minimum absolute atomic E-state index is 0.355. The van der Waals surface area contributed by atoms with Gasteiger partial charge in [0.1, 0.15) is 0 Å². The summed E-state index contributed by atoms with van der Waals surface area (Å²) in [6.07, 6.45) is -6.54. The van der Waals surface area contributed by atoms with E-state index in [2.05, 4.69) is 0 Å². The van der Waals surface area contributed by atoms with Crippen LogP contribution in [0.5, 0.6) is 0 Å². The summed E-state index contributed by atoms with van der Waals surface area (Å²) in [5, 5.41) is -5.74. The standard InChI is InChI=1S/C11H4F7NO2S/c12-9(13,10(14,15)16)11(17,18)22-19-7(20)5-3-1-2-4-6(5)8(19)21/h1-4H. The largest absolute Gasteiger partial charge is 0.460 e. The number of carbonyl (C=O) groups is 2. The number of nitrogens with zero attached hydrogens (tertiary/aromatic N) is 1. The molecule has 0 fully saturated rings. The minimum Gasteiger partial charge on any atom is -0.268 e. The first-order valence-electron chi connectivity index (χ1n) is 5.39. The summed E-state index contributed by atoms with van der Waals surface area (Å²) in [5.41, 5.74) is -0.711. The van der Waals surface area contributed by atoms with Gasteiger partial charge >= 0.3 is 17.4 Å². The number of rotatable bonds is 3. The second kappa shape index (κ2) is 4.86. The summed E-state index contributed by atoms with van der Waals surface area (Å²) < 4.78 is 87.8. The Kier molecular flexibility index (Phi) is 3.67. The molecule has 2 amide bonds. The molecule has 0 bridgehead atoms. The molecule has 0 aromatic heterocycles. The van der Waals surface area contributed by atoms with E-state index < -0.39 is 45.4 Å². The highest BCUT2D eigenvalue weighted by atomic mass is 32.2. The highest BCUT2D eigenvalue weighted by Gasteiger charge is 2.74. The lowest BCUT2D eigenvalue weighted by atomic mass is 10.1. The lowest BCUT2D eigenvalue weighted by Gasteiger charge is -2.29. The molecule has 22 heavy (non-hydrogen) atoms. The highest BCUT2D eigenvalue weighted by molar-refractivity contribution is 7.99. The molecule has 0 saturated heterocycles. The number of hydrogen-bond donors (Lipinski definition) is 0. The molecular formula is C11H4F7NO2S. The van der Waals surface area contributed by atoms with Crippen LogP contribution in [0.3, 0.4) is 0 Å². The van der Waals surface area contributed by atoms with Crippen LogP contribution >= 0.6 is 11.9 Å². The summed E-state index contributed by atoms with van der Waals surface area (Å²) >= 11 is -1.45. The Morgan fingerprint density at radius 2 is 1.23 bits per heavy atom. The molecule has 0 saturated carbocycles. The van der Waals surface area contributed by atoms with Gasteiger partial charge in [0.25, 0.3) is 11.8 Å². The normalized spacial score (nSPS) is 16.2. The van der Waals surface area contributed by atoms with Crippen LogP contribution in [-0.4, -0.2) is 33.5 Å². The molecule has 120 valence electrons. The quantitative estimate of drug-likeness (QED) is 0.475. The van der Waals surface area contributed by atoms with Gasteiger partial charge in [-0.15, -0.1) is 0 Å². The third-order valence-corrected chi connectivity index (χ3v) is 3.68. The molecule has 0 radical (unpaired) electrons. The van der Waals surface area contributed by atoms with Crippen molar-refractivity contribution in [2.45, 2.75) is 17.4 Å². The van der Waals surface area contributed by atoms with E-state index in [1.54, 1.807) is 0 Å². The van der Waals surface area contributed by atoms with Gasteiger partial charge in [-0.05, 0) is 12.1 Å². The van der Waals surface area contributed by atoms with Crippen LogP contribution in [0.25, 0.3) is 0 Å². The zero-order valence-corrected chi connectivity index (χ0v) is 10.9. The van der Waals surface area contributed by atoms with Crippen LogP contribution in [0.1, 0.15) is 20.7 Å². The molecule has 11 heteroatoms. The van der Waals surface area contributed by atoms with Gasteiger partial charge in [0.15, 0.2) is 0 Å². The number of imide groups is 1. The summed E-state index contributed by atoms with van der Waals surface area (Å²) in [6, 6.07) is 4.69. The zero-order chi connectivity index (χ0) is 16.9. The summed E-state index contributed by atoms with van der Waals surface area (Å²) in [4.78, 5) is 23.4. The van der Waals surface area contributed by atoms with E-state index in [1.807, 2.05) is 0 Å². The molecule has 1 heterocycles. The predicted molar refractivity (Wildman–Crippen MR) is 60.5 cm³/mol. The Bertz CT molecular complexity index is 609. The third kappa shape index (κ3) is 2.32. The smallest absolute Gasteiger partial charge is 0.268 e. The third-order valence-electron chi connectivity index (χ3n) is 2.68. The van der Waals surface area contributed by atoms with E-state index in [1.165, 1.54) is 12.1 Å². The first-order valence-corrected chi connectivity index (χ1v) is 6.17. The fourth-order valence-electron chi connectivity index (χ4n) is 1.59. The molecule has 1 aliphatic rings. The second-order valence-electron chi connectivity index (χ2n) is 4.13. The Morgan fingerprint density at radius 3 is 1.59 bits per heavy atom. The SMILES string of the molecule is O=C1c2ccccc2C(=O)N1SC(F)(F)C(F)(F)C(F)(F)F. The van der Waals surface area contributed by atoms with E-state index in [-0.39, 0.29) is 11.1 Å². The Balaban J connectivity index is 2.33. The van der Waals surface area contributed by atoms with Gasteiger partial charge in [-0.3, -0.25) is 9.59 Å². The number of amides is 2. The van der Waals surface area contributed by atoms with E-state index in [0.717, 1.165) is 12.1 Å². The van der Waals surface area contributed by atoms with Crippen molar-refractivity contribution in [1.29, 1.82) is 0 Å². The van der Waals surface area contributed by atoms with Gasteiger partial charge in [-0.1, -0.05) is 12.1 Å². The van der Waals surface area contributed by atoms with Crippen LogP contribution in [0.2, 0.25) is 0 Å². The van der Waals surface area contributed by atoms with Crippen LogP contribution < -0.4 is 0 Å². The van der Waals surface area contributed by atoms with Crippen LogP contribution in [0, 0.1) is 0 Å². The maximum absolute atomic E-state index is 13.3. The molecule has 0 spiro atoms. The lowest BCUT2D eigenvalue weighted by molar-refractivity contribution is -0.330. The Labute approximate surface area is 122 Å². The molecule has 2 rings (SSSR count). The van der Waals surface area contributed by atoms with Gasteiger partial charge in [0, 0.05) is 11.9 Å². The Hall–Kier alpha value is -1.78. The molecule has 0 N–H and O–H groups in total. The fraction of sp³-hybridized carbons (Fsp3) is 0.273. The molecule has 1 aromatic carbocycles. The van der Waals surface area contributed by atoms with E-state index in [9.17, 15) is 40.3 Å². The molecule has 0 atom stereocenters. The zero-order valence-electron chi connectivity index (χ0n) is 10.1. The van der Waals surface area contributed by atoms with Crippen molar-refractivity contribution in [3.05, 3.63) is 35.4 Å². The molecule has 1 aromatic rings. The van der Waals surface area contributed by atoms with Crippen molar-refractivity contribution < 1.29 is 40.3 Å². The fourth-order valence-corrected chi connectivity index (χ4v) is 2.41. The van der Waals surface area contributed by atoms with E-state index >= 15 is 0 Å². The average Bonchev–Trinajstić information content (AvgIpc) is 2.63. The summed E-state index contributed by atoms with van der Waals surface area (Å²) in [5.74, 6) is -9.19. The van der Waals surface area contributed by atoms with Gasteiger partial charge < -0.3 is 0 Å². The van der Waals surface area contributed by atoms with Crippen molar-refractivity contribution in [1.82, 2.24) is 4.31 Å². The first kappa shape index (κ1) is 16.6. The van der Waals surface area contributed by atoms with Crippen LogP contribution in [0.4, 0.5) is 30.7 Å². The summed E-state index contributed by atoms with van der Waals surface area (Å²) in [7, 11) is 0. The van der Waals surface area contributed by atoms with Crippen molar-refractivity contribution >= 4 is 23.8 Å². The minimum atomic E-state index is -6.54. The van der Waals surface area contributed by atoms with Crippen LogP contribution in [0.15, 0.2) is 24.3 Å². The maximum atomic E-state index is 13.3. The second-order valence-corrected chi connectivity index (χ2v) is 5.19. The van der Waals surface area contributed by atoms with E-state index in [0.29, 0.717) is 0 Å².